The van der Waals surface area contributed by atoms with Gasteiger partial charge in [-0.25, -0.2) is 14.0 Å². The zero-order chi connectivity index (χ0) is 22.9. The average Bonchev–Trinajstić information content (AvgIpc) is 3.22. The van der Waals surface area contributed by atoms with Crippen molar-refractivity contribution in [1.29, 1.82) is 0 Å². The second kappa shape index (κ2) is 8.81. The van der Waals surface area contributed by atoms with Crippen molar-refractivity contribution in [1.82, 2.24) is 19.3 Å². The van der Waals surface area contributed by atoms with Gasteiger partial charge in [0.15, 0.2) is 5.65 Å². The molecule has 0 saturated heterocycles. The van der Waals surface area contributed by atoms with E-state index in [1.54, 1.807) is 24.6 Å². The van der Waals surface area contributed by atoms with Crippen LogP contribution in [0.15, 0.2) is 79.7 Å². The van der Waals surface area contributed by atoms with Crippen molar-refractivity contribution >= 4 is 49.0 Å². The Morgan fingerprint density at radius 1 is 0.969 bits per heavy atom. The monoisotopic (exact) mass is 487 g/mol. The molecule has 0 unspecified atom stereocenters. The SMILES string of the molecule is CSC(=NS(=O)(=O)c1ccc(-n2c(=O)[nH]c3c(cnn3-c3ccccc3)c2=O)cc1)SC. The second-order valence-electron chi connectivity index (χ2n) is 6.46. The number of rotatable bonds is 4. The van der Waals surface area contributed by atoms with E-state index >= 15 is 0 Å². The minimum absolute atomic E-state index is 0.0377. The molecule has 0 amide bonds. The normalized spacial score (nSPS) is 11.6. The first kappa shape index (κ1) is 22.1. The van der Waals surface area contributed by atoms with E-state index in [1.165, 1.54) is 58.7 Å². The first-order valence-corrected chi connectivity index (χ1v) is 13.1. The van der Waals surface area contributed by atoms with Gasteiger partial charge in [-0.3, -0.25) is 9.78 Å². The highest BCUT2D eigenvalue weighted by atomic mass is 32.2. The predicted molar refractivity (Wildman–Crippen MR) is 129 cm³/mol. The maximum Gasteiger partial charge on any atom is 0.334 e. The van der Waals surface area contributed by atoms with Crippen LogP contribution >= 0.6 is 23.5 Å². The fraction of sp³-hybridized carbons (Fsp3) is 0.100. The average molecular weight is 488 g/mol. The standard InChI is InChI=1S/C20H17N5O4S3/c1-30-20(31-2)23-32(28,29)15-10-8-13(9-11-15)24-18(26)16-12-21-25(17(16)22-19(24)27)14-6-4-3-5-7-14/h3-12H,1-2H3,(H,22,27). The van der Waals surface area contributed by atoms with Gasteiger partial charge in [-0.15, -0.1) is 27.9 Å². The third-order valence-electron chi connectivity index (χ3n) is 4.57. The maximum atomic E-state index is 13.0. The van der Waals surface area contributed by atoms with Gasteiger partial charge in [0.2, 0.25) is 0 Å². The van der Waals surface area contributed by atoms with E-state index in [2.05, 4.69) is 14.5 Å². The van der Waals surface area contributed by atoms with Crippen LogP contribution in [0.1, 0.15) is 0 Å². The number of sulfonamides is 1. The van der Waals surface area contributed by atoms with E-state index in [0.29, 0.717) is 10.1 Å². The number of benzene rings is 2. The summed E-state index contributed by atoms with van der Waals surface area (Å²) in [4.78, 5) is 28.5. The molecule has 2 aromatic carbocycles. The summed E-state index contributed by atoms with van der Waals surface area (Å²) in [6.45, 7) is 0. The van der Waals surface area contributed by atoms with Crippen molar-refractivity contribution in [3.05, 3.63) is 81.6 Å². The summed E-state index contributed by atoms with van der Waals surface area (Å²) in [5, 5.41) is 4.45. The zero-order valence-corrected chi connectivity index (χ0v) is 19.4. The fourth-order valence-corrected chi connectivity index (χ4v) is 5.70. The van der Waals surface area contributed by atoms with E-state index in [4.69, 9.17) is 0 Å². The quantitative estimate of drug-likeness (QED) is 0.347. The molecular weight excluding hydrogens is 470 g/mol. The molecule has 0 bridgehead atoms. The molecule has 4 rings (SSSR count). The molecule has 0 aliphatic carbocycles. The van der Waals surface area contributed by atoms with Crippen molar-refractivity contribution in [2.45, 2.75) is 4.90 Å². The topological polar surface area (TPSA) is 119 Å². The van der Waals surface area contributed by atoms with E-state index < -0.39 is 21.3 Å². The van der Waals surface area contributed by atoms with Crippen LogP contribution in [0, 0.1) is 0 Å². The summed E-state index contributed by atoms with van der Waals surface area (Å²) in [7, 11) is -3.91. The largest absolute Gasteiger partial charge is 0.334 e. The van der Waals surface area contributed by atoms with Crippen molar-refractivity contribution < 1.29 is 8.42 Å². The van der Waals surface area contributed by atoms with E-state index in [-0.39, 0.29) is 21.6 Å². The third-order valence-corrected chi connectivity index (χ3v) is 7.97. The number of H-pyrrole nitrogens is 1. The van der Waals surface area contributed by atoms with Crippen LogP contribution in [0.3, 0.4) is 0 Å². The lowest BCUT2D eigenvalue weighted by Gasteiger charge is -2.07. The van der Waals surface area contributed by atoms with Crippen LogP contribution in [0.5, 0.6) is 0 Å². The molecule has 2 aromatic heterocycles. The lowest BCUT2D eigenvalue weighted by Crippen LogP contribution is -2.33. The van der Waals surface area contributed by atoms with Crippen LogP contribution in [0.4, 0.5) is 0 Å². The predicted octanol–water partition coefficient (Wildman–Crippen LogP) is 2.64. The van der Waals surface area contributed by atoms with Crippen molar-refractivity contribution in [2.75, 3.05) is 12.5 Å². The van der Waals surface area contributed by atoms with Crippen LogP contribution in [-0.4, -0.2) is 44.6 Å². The summed E-state index contributed by atoms with van der Waals surface area (Å²) < 4.78 is 31.6. The van der Waals surface area contributed by atoms with E-state index in [0.717, 1.165) is 4.57 Å². The molecule has 4 aromatic rings. The molecule has 12 heteroatoms. The molecule has 164 valence electrons. The minimum Gasteiger partial charge on any atom is -0.291 e. The lowest BCUT2D eigenvalue weighted by molar-refractivity contribution is 0.598. The maximum absolute atomic E-state index is 13.0. The van der Waals surface area contributed by atoms with Crippen molar-refractivity contribution in [3.8, 4) is 11.4 Å². The number of fused-ring (bicyclic) bond motifs is 1. The van der Waals surface area contributed by atoms with Gasteiger partial charge in [-0.05, 0) is 48.9 Å². The van der Waals surface area contributed by atoms with E-state index in [9.17, 15) is 18.0 Å². The van der Waals surface area contributed by atoms with Crippen molar-refractivity contribution in [3.63, 3.8) is 0 Å². The van der Waals surface area contributed by atoms with Gasteiger partial charge in [-0.2, -0.15) is 13.5 Å². The van der Waals surface area contributed by atoms with Crippen molar-refractivity contribution in [2.24, 2.45) is 4.40 Å². The molecular formula is C20H17N5O4S3. The molecule has 32 heavy (non-hydrogen) atoms. The highest BCUT2D eigenvalue weighted by molar-refractivity contribution is 8.38. The first-order chi connectivity index (χ1) is 15.4. The van der Waals surface area contributed by atoms with Crippen LogP contribution in [0.25, 0.3) is 22.4 Å². The first-order valence-electron chi connectivity index (χ1n) is 9.17. The van der Waals surface area contributed by atoms with Gasteiger partial charge in [0.05, 0.1) is 22.5 Å². The van der Waals surface area contributed by atoms with Crippen LogP contribution < -0.4 is 11.2 Å². The Kier molecular flexibility index (Phi) is 6.09. The number of hydrogen-bond acceptors (Lipinski definition) is 7. The summed E-state index contributed by atoms with van der Waals surface area (Å²) in [6, 6.07) is 14.5. The Bertz CT molecular complexity index is 1530. The highest BCUT2D eigenvalue weighted by Gasteiger charge is 2.17. The smallest absolute Gasteiger partial charge is 0.291 e. The summed E-state index contributed by atoms with van der Waals surface area (Å²) in [5.74, 6) is 0. The molecule has 9 nitrogen and oxygen atoms in total. The lowest BCUT2D eigenvalue weighted by atomic mass is 10.3. The van der Waals surface area contributed by atoms with Gasteiger partial charge in [0.25, 0.3) is 15.6 Å². The molecule has 1 N–H and O–H groups in total. The second-order valence-corrected chi connectivity index (χ2v) is 9.91. The van der Waals surface area contributed by atoms with Gasteiger partial charge in [0.1, 0.15) is 9.76 Å². The Morgan fingerprint density at radius 3 is 2.25 bits per heavy atom. The summed E-state index contributed by atoms with van der Waals surface area (Å²) in [6.07, 6.45) is 4.86. The van der Waals surface area contributed by atoms with Crippen LogP contribution in [-0.2, 0) is 10.0 Å². The highest BCUT2D eigenvalue weighted by Crippen LogP contribution is 2.20. The number of aromatic amines is 1. The Morgan fingerprint density at radius 2 is 1.62 bits per heavy atom. The number of thioether (sulfide) groups is 2. The van der Waals surface area contributed by atoms with Gasteiger partial charge in [-0.1, -0.05) is 18.2 Å². The number of nitrogens with one attached hydrogen (secondary N) is 1. The number of aromatic nitrogens is 4. The Hall–Kier alpha value is -3.09. The molecule has 0 fully saturated rings. The Labute approximate surface area is 191 Å². The number of hydrogen-bond donors (Lipinski definition) is 1. The van der Waals surface area contributed by atoms with Gasteiger partial charge in [0, 0.05) is 0 Å². The van der Waals surface area contributed by atoms with Crippen LogP contribution in [0.2, 0.25) is 0 Å². The third kappa shape index (κ3) is 4.04. The Balaban J connectivity index is 1.79. The molecule has 0 radical (unpaired) electrons. The summed E-state index contributed by atoms with van der Waals surface area (Å²) in [5.41, 5.74) is -0.0334. The van der Waals surface area contributed by atoms with E-state index in [1.807, 2.05) is 18.2 Å². The summed E-state index contributed by atoms with van der Waals surface area (Å²) >= 11 is 2.46. The van der Waals surface area contributed by atoms with Gasteiger partial charge < -0.3 is 0 Å². The zero-order valence-electron chi connectivity index (χ0n) is 16.9. The molecule has 0 aliphatic heterocycles. The minimum atomic E-state index is -3.91. The molecule has 0 aliphatic rings. The molecule has 0 saturated carbocycles. The van der Waals surface area contributed by atoms with Gasteiger partial charge >= 0.3 is 5.69 Å². The molecule has 0 spiro atoms. The molecule has 2 heterocycles. The molecule has 0 atom stereocenters. The number of para-hydroxylation sites is 1. The number of nitrogens with zero attached hydrogens (tertiary/aromatic N) is 4. The fourth-order valence-electron chi connectivity index (χ4n) is 3.07.